The molecule has 0 saturated heterocycles. The number of nitrogens with one attached hydrogen (secondary N) is 2. The van der Waals surface area contributed by atoms with Gasteiger partial charge in [-0.25, -0.2) is 0 Å². The van der Waals surface area contributed by atoms with Crippen molar-refractivity contribution < 1.29 is 24.1 Å². The van der Waals surface area contributed by atoms with Gasteiger partial charge >= 0.3 is 7.12 Å². The van der Waals surface area contributed by atoms with Crippen LogP contribution in [0.1, 0.15) is 12.0 Å². The lowest BCUT2D eigenvalue weighted by molar-refractivity contribution is -0.134. The molecule has 29 heavy (non-hydrogen) atoms. The van der Waals surface area contributed by atoms with Gasteiger partial charge in [0, 0.05) is 31.9 Å². The fourth-order valence-electron chi connectivity index (χ4n) is 2.88. The van der Waals surface area contributed by atoms with Crippen molar-refractivity contribution in [1.82, 2.24) is 10.2 Å². The molecule has 1 unspecified atom stereocenters. The Kier molecular flexibility index (Phi) is 8.55. The molecule has 0 radical (unpaired) electrons. The first-order valence-electron chi connectivity index (χ1n) is 9.29. The van der Waals surface area contributed by atoms with Gasteiger partial charge in [0.25, 0.3) is 0 Å². The third-order valence-electron chi connectivity index (χ3n) is 4.40. The molecule has 0 aliphatic carbocycles. The lowest BCUT2D eigenvalue weighted by atomic mass is 9.79. The van der Waals surface area contributed by atoms with Gasteiger partial charge in [-0.05, 0) is 23.2 Å². The highest BCUT2D eigenvalue weighted by Gasteiger charge is 2.27. The molecule has 1 heterocycles. The summed E-state index contributed by atoms with van der Waals surface area (Å²) in [7, 11) is -1.02. The van der Waals surface area contributed by atoms with Crippen LogP contribution in [0.2, 0.25) is 0 Å². The van der Waals surface area contributed by atoms with Gasteiger partial charge in [0.05, 0.1) is 25.6 Å². The Balaban J connectivity index is 1.79. The summed E-state index contributed by atoms with van der Waals surface area (Å²) in [4.78, 5) is 37.8. The highest BCUT2D eigenvalue weighted by atomic mass is 16.5. The molecule has 0 aromatic heterocycles. The molecule has 12 heteroatoms. The van der Waals surface area contributed by atoms with Crippen LogP contribution in [0.15, 0.2) is 18.2 Å². The molecular weight excluding hydrogens is 379 g/mol. The second-order valence-electron chi connectivity index (χ2n) is 6.61. The molecule has 0 fully saturated rings. The van der Waals surface area contributed by atoms with Crippen molar-refractivity contribution >= 4 is 36.0 Å². The molecule has 1 aliphatic rings. The van der Waals surface area contributed by atoms with E-state index < -0.39 is 25.0 Å². The first-order chi connectivity index (χ1) is 13.8. The van der Waals surface area contributed by atoms with Gasteiger partial charge in [-0.1, -0.05) is 6.07 Å². The third-order valence-corrected chi connectivity index (χ3v) is 4.40. The second-order valence-corrected chi connectivity index (χ2v) is 6.61. The number of amides is 3. The van der Waals surface area contributed by atoms with Crippen LogP contribution in [0.3, 0.4) is 0 Å². The maximum Gasteiger partial charge on any atom is 0.491 e. The zero-order valence-electron chi connectivity index (χ0n) is 16.1. The minimum atomic E-state index is -1.10. The van der Waals surface area contributed by atoms with E-state index in [1.807, 2.05) is 0 Å². The predicted molar refractivity (Wildman–Crippen MR) is 108 cm³/mol. The SMILES string of the molecule is NCCN(CCN)C(=O)CC(N)C(=O)NCC(=O)Nc1ccc2c(c1)B(O)OC2. The predicted octanol–water partition coefficient (Wildman–Crippen LogP) is -3.58. The van der Waals surface area contributed by atoms with Gasteiger partial charge in [-0.3, -0.25) is 14.4 Å². The van der Waals surface area contributed by atoms with E-state index in [2.05, 4.69) is 10.6 Å². The smallest absolute Gasteiger partial charge is 0.423 e. The summed E-state index contributed by atoms with van der Waals surface area (Å²) in [5, 5.41) is 14.7. The van der Waals surface area contributed by atoms with E-state index in [1.54, 1.807) is 18.2 Å². The van der Waals surface area contributed by atoms with E-state index in [0.29, 0.717) is 30.8 Å². The summed E-state index contributed by atoms with van der Waals surface area (Å²) in [5.41, 5.74) is 18.6. The van der Waals surface area contributed by atoms with Gasteiger partial charge in [0.15, 0.2) is 0 Å². The number of nitrogens with two attached hydrogens (primary N) is 3. The molecule has 0 saturated carbocycles. The number of fused-ring (bicyclic) bond motifs is 1. The Bertz CT molecular complexity index is 743. The monoisotopic (exact) mass is 406 g/mol. The van der Waals surface area contributed by atoms with E-state index in [1.165, 1.54) is 4.90 Å². The van der Waals surface area contributed by atoms with Crippen molar-refractivity contribution in [3.05, 3.63) is 23.8 Å². The molecular formula is C17H27BN6O5. The van der Waals surface area contributed by atoms with Gasteiger partial charge in [-0.15, -0.1) is 0 Å². The van der Waals surface area contributed by atoms with Crippen LogP contribution >= 0.6 is 0 Å². The Morgan fingerprint density at radius 1 is 1.24 bits per heavy atom. The van der Waals surface area contributed by atoms with Gasteiger partial charge < -0.3 is 42.4 Å². The molecule has 3 amide bonds. The Morgan fingerprint density at radius 3 is 2.59 bits per heavy atom. The Labute approximate surface area is 169 Å². The first kappa shape index (κ1) is 22.8. The molecule has 1 aliphatic heterocycles. The van der Waals surface area contributed by atoms with E-state index in [-0.39, 0.29) is 32.0 Å². The van der Waals surface area contributed by atoms with Gasteiger partial charge in [0.2, 0.25) is 17.7 Å². The van der Waals surface area contributed by atoms with Crippen molar-refractivity contribution in [2.75, 3.05) is 38.0 Å². The summed E-state index contributed by atoms with van der Waals surface area (Å²) in [5.74, 6) is -1.42. The second kappa shape index (κ2) is 10.9. The fraction of sp³-hybridized carbons (Fsp3) is 0.471. The highest BCUT2D eigenvalue weighted by Crippen LogP contribution is 2.14. The van der Waals surface area contributed by atoms with Crippen LogP contribution in [-0.2, 0) is 25.6 Å². The molecule has 158 valence electrons. The quantitative estimate of drug-likeness (QED) is 0.215. The summed E-state index contributed by atoms with van der Waals surface area (Å²) >= 11 is 0. The first-order valence-corrected chi connectivity index (χ1v) is 9.29. The van der Waals surface area contributed by atoms with E-state index >= 15 is 0 Å². The zero-order valence-corrected chi connectivity index (χ0v) is 16.1. The third kappa shape index (κ3) is 6.51. The van der Waals surface area contributed by atoms with Crippen molar-refractivity contribution in [3.8, 4) is 0 Å². The topological polar surface area (TPSA) is 186 Å². The maximum absolute atomic E-state index is 12.2. The number of hydrogen-bond acceptors (Lipinski definition) is 8. The molecule has 1 aromatic rings. The number of carbonyl (C=O) groups excluding carboxylic acids is 3. The number of nitrogens with zero attached hydrogens (tertiary/aromatic N) is 1. The molecule has 11 nitrogen and oxygen atoms in total. The fourth-order valence-corrected chi connectivity index (χ4v) is 2.88. The van der Waals surface area contributed by atoms with Crippen LogP contribution in [0.5, 0.6) is 0 Å². The number of carbonyl (C=O) groups is 3. The standard InChI is InChI=1S/C17H27BN6O5/c19-3-5-24(6-4-20)16(26)8-14(21)17(27)22-9-15(25)23-12-2-1-11-10-29-18(28)13(11)7-12/h1-2,7,14,28H,3-6,8-10,19-21H2,(H,22,27)(H,23,25). The summed E-state index contributed by atoms with van der Waals surface area (Å²) in [6.07, 6.45) is -0.212. The summed E-state index contributed by atoms with van der Waals surface area (Å²) in [6, 6.07) is 3.94. The van der Waals surface area contributed by atoms with Crippen LogP contribution < -0.4 is 33.3 Å². The zero-order chi connectivity index (χ0) is 21.4. The van der Waals surface area contributed by atoms with Crippen molar-refractivity contribution in [2.45, 2.75) is 19.1 Å². The number of hydrogen-bond donors (Lipinski definition) is 6. The number of rotatable bonds is 10. The van der Waals surface area contributed by atoms with Crippen molar-refractivity contribution in [2.24, 2.45) is 17.2 Å². The molecule has 0 bridgehead atoms. The maximum atomic E-state index is 12.2. The lowest BCUT2D eigenvalue weighted by Crippen LogP contribution is -2.47. The van der Waals surface area contributed by atoms with E-state index in [0.717, 1.165) is 5.56 Å². The molecule has 1 aromatic carbocycles. The van der Waals surface area contributed by atoms with E-state index in [4.69, 9.17) is 21.9 Å². The minimum absolute atomic E-state index is 0.212. The lowest BCUT2D eigenvalue weighted by Gasteiger charge is -2.22. The van der Waals surface area contributed by atoms with Crippen molar-refractivity contribution in [1.29, 1.82) is 0 Å². The molecule has 0 spiro atoms. The van der Waals surface area contributed by atoms with Crippen molar-refractivity contribution in [3.63, 3.8) is 0 Å². The molecule has 9 N–H and O–H groups in total. The van der Waals surface area contributed by atoms with Gasteiger partial charge in [0.1, 0.15) is 0 Å². The van der Waals surface area contributed by atoms with Crippen LogP contribution in [0.25, 0.3) is 0 Å². The summed E-state index contributed by atoms with van der Waals surface area (Å²) < 4.78 is 5.09. The van der Waals surface area contributed by atoms with Crippen LogP contribution in [0.4, 0.5) is 5.69 Å². The average molecular weight is 406 g/mol. The van der Waals surface area contributed by atoms with Crippen LogP contribution in [0, 0.1) is 0 Å². The largest absolute Gasteiger partial charge is 0.491 e. The van der Waals surface area contributed by atoms with Gasteiger partial charge in [-0.2, -0.15) is 0 Å². The minimum Gasteiger partial charge on any atom is -0.423 e. The Morgan fingerprint density at radius 2 is 1.93 bits per heavy atom. The van der Waals surface area contributed by atoms with Crippen LogP contribution in [-0.4, -0.2) is 73.5 Å². The molecule has 1 atom stereocenters. The average Bonchev–Trinajstić information content (AvgIpc) is 3.06. The highest BCUT2D eigenvalue weighted by molar-refractivity contribution is 6.61. The number of benzene rings is 1. The Hall–Kier alpha value is -2.51. The summed E-state index contributed by atoms with van der Waals surface area (Å²) in [6.45, 7) is 1.20. The number of anilines is 1. The van der Waals surface area contributed by atoms with E-state index in [9.17, 15) is 19.4 Å². The molecule has 2 rings (SSSR count). The normalized spacial score (nSPS) is 13.6.